The van der Waals surface area contributed by atoms with Crippen molar-refractivity contribution in [1.82, 2.24) is 0 Å². The molecule has 0 aromatic heterocycles. The van der Waals surface area contributed by atoms with Gasteiger partial charge in [0.15, 0.2) is 0 Å². The van der Waals surface area contributed by atoms with E-state index in [0.29, 0.717) is 0 Å². The van der Waals surface area contributed by atoms with E-state index in [9.17, 15) is 4.79 Å². The van der Waals surface area contributed by atoms with Gasteiger partial charge in [-0.2, -0.15) is 0 Å². The summed E-state index contributed by atoms with van der Waals surface area (Å²) in [5.41, 5.74) is 1.92. The van der Waals surface area contributed by atoms with Crippen molar-refractivity contribution in [3.63, 3.8) is 0 Å². The maximum atomic E-state index is 11.3. The van der Waals surface area contributed by atoms with Crippen LogP contribution in [-0.4, -0.2) is 5.91 Å². The summed E-state index contributed by atoms with van der Waals surface area (Å²) in [6, 6.07) is 9.39. The third-order valence-corrected chi connectivity index (χ3v) is 1.61. The lowest BCUT2D eigenvalue weighted by atomic mass is 10.2. The van der Waals surface area contributed by atoms with Gasteiger partial charge in [-0.15, -0.1) is 0 Å². The summed E-state index contributed by atoms with van der Waals surface area (Å²) in [7, 11) is 0. The molecule has 1 amide bonds. The average molecular weight is 188 g/mol. The molecule has 0 unspecified atom stereocenters. The molecule has 0 aliphatic rings. The second-order valence-corrected chi connectivity index (χ2v) is 3.27. The summed E-state index contributed by atoms with van der Waals surface area (Å²) in [5, 5.41) is 2.76. The first kappa shape index (κ1) is 10.4. The van der Waals surface area contributed by atoms with E-state index < -0.39 is 0 Å². The lowest BCUT2D eigenvalue weighted by Gasteiger charge is -1.98. The van der Waals surface area contributed by atoms with Gasteiger partial charge < -0.3 is 5.32 Å². The highest BCUT2D eigenvalue weighted by molar-refractivity contribution is 5.98. The Bertz CT molecular complexity index is 323. The van der Waals surface area contributed by atoms with Crippen LogP contribution in [0.3, 0.4) is 0 Å². The molecule has 0 bridgehead atoms. The van der Waals surface area contributed by atoms with Gasteiger partial charge in [-0.3, -0.25) is 0 Å². The third kappa shape index (κ3) is 3.81. The van der Waals surface area contributed by atoms with Crippen LogP contribution in [0.15, 0.2) is 42.0 Å². The number of para-hydroxylation sites is 1. The predicted octanol–water partition coefficient (Wildman–Crippen LogP) is 2.80. The molecule has 0 spiro atoms. The van der Waals surface area contributed by atoms with E-state index >= 15 is 0 Å². The standard InChI is InChI=1S/C12H13NO/c1-10(2)8-9-12(14)13-11-6-4-3-5-7-11/h3-9H,1-2H3/p+1. The van der Waals surface area contributed by atoms with Gasteiger partial charge in [-0.25, -0.2) is 4.79 Å². The van der Waals surface area contributed by atoms with E-state index in [2.05, 4.69) is 5.32 Å². The molecule has 72 valence electrons. The fourth-order valence-electron chi connectivity index (χ4n) is 0.948. The molecule has 1 aromatic rings. The number of hydrogen-bond acceptors (Lipinski definition) is 1. The minimum absolute atomic E-state index is 0.0996. The molecule has 2 nitrogen and oxygen atoms in total. The van der Waals surface area contributed by atoms with Crippen LogP contribution < -0.4 is 5.32 Å². The number of nitrogens with one attached hydrogen (secondary N) is 1. The van der Waals surface area contributed by atoms with Crippen LogP contribution in [0.1, 0.15) is 13.8 Å². The van der Waals surface area contributed by atoms with Crippen molar-refractivity contribution < 1.29 is 4.79 Å². The van der Waals surface area contributed by atoms with Gasteiger partial charge in [0, 0.05) is 25.1 Å². The van der Waals surface area contributed by atoms with Crippen LogP contribution in [0, 0.1) is 6.42 Å². The van der Waals surface area contributed by atoms with Crippen LogP contribution in [0.5, 0.6) is 0 Å². The summed E-state index contributed by atoms with van der Waals surface area (Å²) in [6.45, 7) is 3.90. The normalized spacial score (nSPS) is 9.00. The van der Waals surface area contributed by atoms with Crippen molar-refractivity contribution in [1.29, 1.82) is 0 Å². The maximum Gasteiger partial charge on any atom is 0.331 e. The smallest absolute Gasteiger partial charge is 0.305 e. The quantitative estimate of drug-likeness (QED) is 0.726. The number of benzene rings is 1. The van der Waals surface area contributed by atoms with Crippen molar-refractivity contribution >= 4 is 11.6 Å². The average Bonchev–Trinajstić information content (AvgIpc) is 2.16. The number of rotatable bonds is 3. The van der Waals surface area contributed by atoms with Crippen molar-refractivity contribution in [2.45, 2.75) is 13.8 Å². The van der Waals surface area contributed by atoms with Crippen LogP contribution in [-0.2, 0) is 4.79 Å². The topological polar surface area (TPSA) is 29.1 Å². The summed E-state index contributed by atoms with van der Waals surface area (Å²) >= 11 is 0. The highest BCUT2D eigenvalue weighted by Gasteiger charge is 2.05. The molecular weight excluding hydrogens is 174 g/mol. The fraction of sp³-hybridized carbons (Fsp3) is 0.167. The zero-order valence-corrected chi connectivity index (χ0v) is 8.45. The first-order chi connectivity index (χ1) is 6.68. The first-order valence-corrected chi connectivity index (χ1v) is 4.53. The second kappa shape index (κ2) is 5.12. The van der Waals surface area contributed by atoms with Crippen molar-refractivity contribution in [3.05, 3.63) is 48.4 Å². The zero-order valence-electron chi connectivity index (χ0n) is 8.45. The summed E-state index contributed by atoms with van der Waals surface area (Å²) in [4.78, 5) is 11.3. The molecule has 1 N–H and O–H groups in total. The Morgan fingerprint density at radius 3 is 2.50 bits per heavy atom. The highest BCUT2D eigenvalue weighted by atomic mass is 16.1. The van der Waals surface area contributed by atoms with Crippen molar-refractivity contribution in [3.8, 4) is 0 Å². The van der Waals surface area contributed by atoms with Gasteiger partial charge >= 0.3 is 5.91 Å². The van der Waals surface area contributed by atoms with Gasteiger partial charge in [0.05, 0.1) is 0 Å². The van der Waals surface area contributed by atoms with E-state index in [1.54, 1.807) is 6.08 Å². The molecule has 0 radical (unpaired) electrons. The molecule has 0 heterocycles. The predicted molar refractivity (Wildman–Crippen MR) is 58.8 cm³/mol. The monoisotopic (exact) mass is 188 g/mol. The van der Waals surface area contributed by atoms with E-state index in [4.69, 9.17) is 0 Å². The summed E-state index contributed by atoms with van der Waals surface area (Å²) < 4.78 is 0. The van der Waals surface area contributed by atoms with Gasteiger partial charge in [-0.05, 0) is 12.1 Å². The zero-order chi connectivity index (χ0) is 10.4. The van der Waals surface area contributed by atoms with Gasteiger partial charge in [0.2, 0.25) is 0 Å². The van der Waals surface area contributed by atoms with E-state index in [1.807, 2.05) is 44.2 Å². The van der Waals surface area contributed by atoms with Crippen LogP contribution in [0.2, 0.25) is 0 Å². The van der Waals surface area contributed by atoms with Crippen molar-refractivity contribution in [2.24, 2.45) is 0 Å². The Balaban J connectivity index is 2.46. The van der Waals surface area contributed by atoms with Gasteiger partial charge in [-0.1, -0.05) is 18.2 Å². The SMILES string of the molecule is CC(C)=C[CH+]C(=O)Nc1ccccc1. The van der Waals surface area contributed by atoms with Crippen molar-refractivity contribution in [2.75, 3.05) is 5.32 Å². The minimum atomic E-state index is -0.0996. The molecule has 1 aromatic carbocycles. The molecule has 0 aliphatic carbocycles. The molecule has 1 rings (SSSR count). The second-order valence-electron chi connectivity index (χ2n) is 3.27. The molecule has 0 atom stereocenters. The Kier molecular flexibility index (Phi) is 3.80. The van der Waals surface area contributed by atoms with E-state index in [1.165, 1.54) is 6.42 Å². The molecule has 14 heavy (non-hydrogen) atoms. The number of carbonyl (C=O) groups excluding carboxylic acids is 1. The Morgan fingerprint density at radius 1 is 1.29 bits per heavy atom. The molecule has 0 saturated carbocycles. The lowest BCUT2D eigenvalue weighted by molar-refractivity contribution is -0.112. The number of allylic oxidation sites excluding steroid dienone is 1. The molecule has 0 fully saturated rings. The Hall–Kier alpha value is -1.70. The maximum absolute atomic E-state index is 11.3. The van der Waals surface area contributed by atoms with E-state index in [0.717, 1.165) is 11.3 Å². The number of carbonyl (C=O) groups is 1. The number of amides is 1. The lowest BCUT2D eigenvalue weighted by Crippen LogP contribution is -2.10. The highest BCUT2D eigenvalue weighted by Crippen LogP contribution is 2.05. The largest absolute Gasteiger partial charge is 0.331 e. The molecule has 0 saturated heterocycles. The van der Waals surface area contributed by atoms with Gasteiger partial charge in [0.1, 0.15) is 12.5 Å². The number of hydrogen-bond donors (Lipinski definition) is 1. The van der Waals surface area contributed by atoms with Crippen LogP contribution in [0.4, 0.5) is 5.69 Å². The van der Waals surface area contributed by atoms with Gasteiger partial charge in [0.25, 0.3) is 0 Å². The molecular formula is C12H14NO+. The van der Waals surface area contributed by atoms with Crippen LogP contribution >= 0.6 is 0 Å². The van der Waals surface area contributed by atoms with E-state index in [-0.39, 0.29) is 5.91 Å². The fourth-order valence-corrected chi connectivity index (χ4v) is 0.948. The molecule has 2 heteroatoms. The first-order valence-electron chi connectivity index (χ1n) is 4.53. The molecule has 0 aliphatic heterocycles. The minimum Gasteiger partial charge on any atom is -0.305 e. The van der Waals surface area contributed by atoms with Crippen LogP contribution in [0.25, 0.3) is 0 Å². The third-order valence-electron chi connectivity index (χ3n) is 1.61. The number of anilines is 1. The Morgan fingerprint density at radius 2 is 1.93 bits per heavy atom. The summed E-state index contributed by atoms with van der Waals surface area (Å²) in [5.74, 6) is -0.0996. The summed E-state index contributed by atoms with van der Waals surface area (Å²) in [6.07, 6.45) is 3.32. The Labute approximate surface area is 84.6 Å².